The van der Waals surface area contributed by atoms with Crippen LogP contribution < -0.4 is 10.6 Å². The van der Waals surface area contributed by atoms with Gasteiger partial charge in [-0.3, -0.25) is 10.1 Å². The van der Waals surface area contributed by atoms with Gasteiger partial charge in [0.1, 0.15) is 5.82 Å². The zero-order valence-corrected chi connectivity index (χ0v) is 14.8. The Balaban J connectivity index is 1.50. The summed E-state index contributed by atoms with van der Waals surface area (Å²) in [5.41, 5.74) is -0.134. The fourth-order valence-corrected chi connectivity index (χ4v) is 2.77. The summed E-state index contributed by atoms with van der Waals surface area (Å²) >= 11 is 0. The van der Waals surface area contributed by atoms with E-state index in [4.69, 9.17) is 9.15 Å². The molecule has 25 heavy (non-hydrogen) atoms. The number of rotatable bonds is 7. The number of guanidine groups is 1. The molecule has 0 saturated carbocycles. The van der Waals surface area contributed by atoms with Crippen molar-refractivity contribution in [3.05, 3.63) is 24.2 Å². The topological polar surface area (TPSA) is 100 Å². The van der Waals surface area contributed by atoms with Crippen molar-refractivity contribution in [1.29, 1.82) is 0 Å². The van der Waals surface area contributed by atoms with Crippen LogP contribution in [0, 0.1) is 0 Å². The molecular formula is C17H26N6O2. The van der Waals surface area contributed by atoms with Crippen molar-refractivity contribution in [2.75, 3.05) is 26.2 Å². The average molecular weight is 346 g/mol. The van der Waals surface area contributed by atoms with Gasteiger partial charge in [-0.25, -0.2) is 4.98 Å². The Labute approximate surface area is 147 Å². The van der Waals surface area contributed by atoms with Crippen molar-refractivity contribution in [2.24, 2.45) is 4.99 Å². The molecule has 1 saturated heterocycles. The van der Waals surface area contributed by atoms with Gasteiger partial charge in [-0.2, -0.15) is 5.10 Å². The minimum atomic E-state index is -0.134. The Morgan fingerprint density at radius 2 is 2.36 bits per heavy atom. The normalized spacial score (nSPS) is 20.8. The molecule has 3 rings (SSSR count). The smallest absolute Gasteiger partial charge is 0.216 e. The molecule has 1 aliphatic rings. The first-order valence-electron chi connectivity index (χ1n) is 8.80. The first kappa shape index (κ1) is 17.5. The number of hydrogen-bond donors (Lipinski definition) is 3. The lowest BCUT2D eigenvalue weighted by Gasteiger charge is -2.21. The molecule has 0 aromatic carbocycles. The van der Waals surface area contributed by atoms with Crippen LogP contribution >= 0.6 is 0 Å². The maximum Gasteiger partial charge on any atom is 0.216 e. The molecule has 3 heterocycles. The van der Waals surface area contributed by atoms with Gasteiger partial charge in [-0.15, -0.1) is 0 Å². The summed E-state index contributed by atoms with van der Waals surface area (Å²) in [6.07, 6.45) is 4.50. The van der Waals surface area contributed by atoms with Crippen molar-refractivity contribution in [3.63, 3.8) is 0 Å². The van der Waals surface area contributed by atoms with Gasteiger partial charge in [0.05, 0.1) is 18.4 Å². The van der Waals surface area contributed by atoms with Gasteiger partial charge in [-0.1, -0.05) is 0 Å². The third-order valence-corrected chi connectivity index (χ3v) is 4.14. The van der Waals surface area contributed by atoms with E-state index in [1.54, 1.807) is 6.26 Å². The number of aliphatic imine (C=N–C) groups is 1. The summed E-state index contributed by atoms with van der Waals surface area (Å²) in [7, 11) is 0. The Bertz CT molecular complexity index is 673. The average Bonchev–Trinajstić information content (AvgIpc) is 3.34. The Kier molecular flexibility index (Phi) is 5.70. The van der Waals surface area contributed by atoms with Crippen LogP contribution in [0.25, 0.3) is 11.6 Å². The first-order chi connectivity index (χ1) is 12.2. The van der Waals surface area contributed by atoms with Crippen LogP contribution in [0.3, 0.4) is 0 Å². The number of aromatic amines is 1. The molecule has 3 N–H and O–H groups in total. The second-order valence-electron chi connectivity index (χ2n) is 6.36. The molecule has 8 nitrogen and oxygen atoms in total. The lowest BCUT2D eigenvalue weighted by molar-refractivity contribution is 0.0283. The second-order valence-corrected chi connectivity index (χ2v) is 6.36. The summed E-state index contributed by atoms with van der Waals surface area (Å²) < 4.78 is 11.1. The van der Waals surface area contributed by atoms with Crippen LogP contribution in [0.2, 0.25) is 0 Å². The van der Waals surface area contributed by atoms with Crippen LogP contribution in [-0.2, 0) is 11.2 Å². The number of H-pyrrole nitrogens is 1. The highest BCUT2D eigenvalue weighted by atomic mass is 16.5. The number of aromatic nitrogens is 3. The number of nitrogens with zero attached hydrogens (tertiary/aromatic N) is 3. The number of ether oxygens (including phenoxy) is 1. The second kappa shape index (κ2) is 8.15. The summed E-state index contributed by atoms with van der Waals surface area (Å²) in [5.74, 6) is 2.84. The summed E-state index contributed by atoms with van der Waals surface area (Å²) in [4.78, 5) is 9.09. The van der Waals surface area contributed by atoms with Crippen LogP contribution in [-0.4, -0.2) is 53.0 Å². The zero-order valence-electron chi connectivity index (χ0n) is 14.8. The third-order valence-electron chi connectivity index (χ3n) is 4.14. The Morgan fingerprint density at radius 1 is 1.44 bits per heavy atom. The standard InChI is InChI=1S/C17H26N6O2/c1-3-18-16(20-12-17(2)8-5-11-25-17)19-9-7-14-21-15(23-22-14)13-6-4-10-24-13/h4,6,10H,3,5,7-9,11-12H2,1-2H3,(H2,18,19,20)(H,21,22,23). The molecule has 0 amide bonds. The van der Waals surface area contributed by atoms with Crippen molar-refractivity contribution in [3.8, 4) is 11.6 Å². The molecule has 1 aliphatic heterocycles. The quantitative estimate of drug-likeness (QED) is 0.521. The molecule has 0 spiro atoms. The monoisotopic (exact) mass is 346 g/mol. The van der Waals surface area contributed by atoms with E-state index < -0.39 is 0 Å². The van der Waals surface area contributed by atoms with E-state index >= 15 is 0 Å². The highest BCUT2D eigenvalue weighted by Crippen LogP contribution is 2.24. The first-order valence-corrected chi connectivity index (χ1v) is 8.80. The maximum atomic E-state index is 5.79. The summed E-state index contributed by atoms with van der Waals surface area (Å²) in [6, 6.07) is 3.66. The molecule has 8 heteroatoms. The van der Waals surface area contributed by atoms with Gasteiger partial charge in [0.2, 0.25) is 5.82 Å². The molecule has 136 valence electrons. The Hall–Kier alpha value is -2.35. The molecule has 1 atom stereocenters. The van der Waals surface area contributed by atoms with Crippen molar-refractivity contribution >= 4 is 5.96 Å². The van der Waals surface area contributed by atoms with Crippen molar-refractivity contribution < 1.29 is 9.15 Å². The molecule has 0 aliphatic carbocycles. The Morgan fingerprint density at radius 3 is 3.08 bits per heavy atom. The number of hydrogen-bond acceptors (Lipinski definition) is 5. The van der Waals surface area contributed by atoms with Gasteiger partial charge in [-0.05, 0) is 38.8 Å². The van der Waals surface area contributed by atoms with E-state index in [1.165, 1.54) is 0 Å². The minimum absolute atomic E-state index is 0.134. The summed E-state index contributed by atoms with van der Waals surface area (Å²) in [6.45, 7) is 7.19. The van der Waals surface area contributed by atoms with Gasteiger partial charge in [0.25, 0.3) is 0 Å². The highest BCUT2D eigenvalue weighted by Gasteiger charge is 2.29. The van der Waals surface area contributed by atoms with Crippen LogP contribution in [0.5, 0.6) is 0 Å². The number of nitrogens with one attached hydrogen (secondary N) is 3. The summed E-state index contributed by atoms with van der Waals surface area (Å²) in [5, 5.41) is 13.7. The third kappa shape index (κ3) is 4.82. The molecule has 1 fully saturated rings. The highest BCUT2D eigenvalue weighted by molar-refractivity contribution is 5.79. The predicted octanol–water partition coefficient (Wildman–Crippen LogP) is 1.73. The van der Waals surface area contributed by atoms with Crippen LogP contribution in [0.1, 0.15) is 32.5 Å². The molecule has 2 aromatic heterocycles. The van der Waals surface area contributed by atoms with Crippen molar-refractivity contribution in [1.82, 2.24) is 25.8 Å². The van der Waals surface area contributed by atoms with E-state index in [2.05, 4.69) is 44.7 Å². The SMILES string of the molecule is CCNC(=NCC1(C)CCCO1)NCCc1nc(-c2ccco2)n[nH]1. The fourth-order valence-electron chi connectivity index (χ4n) is 2.77. The van der Waals surface area contributed by atoms with Gasteiger partial charge in [0, 0.05) is 26.1 Å². The zero-order chi connectivity index (χ0) is 17.5. The van der Waals surface area contributed by atoms with E-state index in [-0.39, 0.29) is 5.60 Å². The molecule has 2 aromatic rings. The van der Waals surface area contributed by atoms with Gasteiger partial charge in [0.15, 0.2) is 11.7 Å². The molecule has 1 unspecified atom stereocenters. The molecule has 0 bridgehead atoms. The molecular weight excluding hydrogens is 320 g/mol. The fraction of sp³-hybridized carbons (Fsp3) is 0.588. The van der Waals surface area contributed by atoms with Crippen LogP contribution in [0.15, 0.2) is 27.8 Å². The van der Waals surface area contributed by atoms with Crippen LogP contribution in [0.4, 0.5) is 0 Å². The van der Waals surface area contributed by atoms with E-state index in [1.807, 2.05) is 12.1 Å². The predicted molar refractivity (Wildman–Crippen MR) is 95.4 cm³/mol. The number of furan rings is 1. The van der Waals surface area contributed by atoms with E-state index in [9.17, 15) is 0 Å². The lowest BCUT2D eigenvalue weighted by Crippen LogP contribution is -2.40. The largest absolute Gasteiger partial charge is 0.461 e. The minimum Gasteiger partial charge on any atom is -0.461 e. The lowest BCUT2D eigenvalue weighted by atomic mass is 10.0. The van der Waals surface area contributed by atoms with Gasteiger partial charge < -0.3 is 19.8 Å². The van der Waals surface area contributed by atoms with E-state index in [0.717, 1.165) is 37.8 Å². The van der Waals surface area contributed by atoms with Crippen molar-refractivity contribution in [2.45, 2.75) is 38.7 Å². The van der Waals surface area contributed by atoms with E-state index in [0.29, 0.717) is 31.1 Å². The van der Waals surface area contributed by atoms with Gasteiger partial charge >= 0.3 is 0 Å². The maximum absolute atomic E-state index is 5.79. The molecule has 0 radical (unpaired) electrons.